The van der Waals surface area contributed by atoms with Gasteiger partial charge in [-0.2, -0.15) is 0 Å². The fourth-order valence-corrected chi connectivity index (χ4v) is 11.8. The van der Waals surface area contributed by atoms with E-state index < -0.39 is 139 Å². The third-order valence-electron chi connectivity index (χ3n) is 16.9. The van der Waals surface area contributed by atoms with Gasteiger partial charge in [0.25, 0.3) is 5.91 Å². The molecule has 6 heterocycles. The van der Waals surface area contributed by atoms with Crippen molar-refractivity contribution in [3.05, 3.63) is 70.4 Å². The number of carboxylic acids is 1. The fourth-order valence-electron chi connectivity index (χ4n) is 11.8. The molecule has 2 aliphatic carbocycles. The first-order valence-corrected chi connectivity index (χ1v) is 28.6. The number of carboxylic acid groups (broad SMARTS) is 1. The van der Waals surface area contributed by atoms with Gasteiger partial charge in [0.1, 0.15) is 78.1 Å². The molecule has 0 bridgehead atoms. The number of aliphatic hydroxyl groups excluding tert-OH is 6. The number of benzene rings is 2. The molecule has 84 heavy (non-hydrogen) atoms. The van der Waals surface area contributed by atoms with Crippen molar-refractivity contribution in [2.75, 3.05) is 56.0 Å². The lowest BCUT2D eigenvalue weighted by molar-refractivity contribution is -0.306. The number of amides is 1. The van der Waals surface area contributed by atoms with Gasteiger partial charge in [0.2, 0.25) is 5.43 Å². The van der Waals surface area contributed by atoms with E-state index in [-0.39, 0.29) is 36.5 Å². The van der Waals surface area contributed by atoms with Crippen LogP contribution in [0.4, 0.5) is 15.8 Å². The summed E-state index contributed by atoms with van der Waals surface area (Å²) in [5.41, 5.74) is 38.3. The van der Waals surface area contributed by atoms with Crippen molar-refractivity contribution in [1.82, 2.24) is 24.5 Å². The molecular formula is C54H78FN13O16. The van der Waals surface area contributed by atoms with E-state index in [2.05, 4.69) is 20.5 Å². The summed E-state index contributed by atoms with van der Waals surface area (Å²) in [6, 6.07) is 5.01. The van der Waals surface area contributed by atoms with Gasteiger partial charge in [0, 0.05) is 86.8 Å². The van der Waals surface area contributed by atoms with Gasteiger partial charge in [-0.05, 0) is 62.9 Å². The van der Waals surface area contributed by atoms with Crippen molar-refractivity contribution < 1.29 is 78.1 Å². The standard InChI is InChI=1S/C54H78FN13O16/c55-29-17-27-33(68(26-9-10-26)22-28(39(27)69)51(77)78)19-34(29)66-15-13-65(14-16-66)11-3-1-2-4-12-67-23-32(63-64-67)24-5-7-25(8-6-24)62-50(76)49-48(82-53-38(61)44(74)42(72)36(21-57)80-53)45(75)54(84-49)83-47-40(70)30(58)18-31(59)46(47)81-52-37(60)43(73)41(71)35(20-56)79-52/h5-8,17,19,22-23,26,30-31,35-38,40-49,52-54,70-75H,1-4,9-16,18,20-21,56-61H2,(H,62,76)(H,77,78)/t30-,31+,35-,36+,37-,38-,40+,41-,42-,43-,44-,45-,46-,47+,48+,49+,52-,53+,54-/m1/s1. The summed E-state index contributed by atoms with van der Waals surface area (Å²) in [5, 5.41) is 86.8. The second kappa shape index (κ2) is 26.4. The number of pyridine rings is 1. The van der Waals surface area contributed by atoms with E-state index in [0.717, 1.165) is 58.2 Å². The van der Waals surface area contributed by atoms with Crippen LogP contribution in [0.2, 0.25) is 0 Å². The number of aromatic carboxylic acids is 1. The number of ether oxygens (including phenoxy) is 6. The molecule has 4 aromatic rings. The first-order valence-electron chi connectivity index (χ1n) is 28.6. The highest BCUT2D eigenvalue weighted by Crippen LogP contribution is 2.39. The predicted octanol–water partition coefficient (Wildman–Crippen LogP) is -4.12. The van der Waals surface area contributed by atoms with Crippen molar-refractivity contribution in [1.29, 1.82) is 0 Å². The van der Waals surface area contributed by atoms with E-state index in [1.165, 1.54) is 12.3 Å². The maximum Gasteiger partial charge on any atom is 0.341 e. The van der Waals surface area contributed by atoms with Gasteiger partial charge in [-0.25, -0.2) is 9.18 Å². The molecule has 30 heteroatoms. The molecule has 462 valence electrons. The Balaban J connectivity index is 0.723. The molecule has 0 spiro atoms. The van der Waals surface area contributed by atoms with Crippen LogP contribution in [0.25, 0.3) is 22.2 Å². The van der Waals surface area contributed by atoms with E-state index in [1.54, 1.807) is 35.0 Å². The van der Waals surface area contributed by atoms with Crippen molar-refractivity contribution >= 4 is 34.2 Å². The first-order chi connectivity index (χ1) is 40.2. The second-order valence-corrected chi connectivity index (χ2v) is 22.8. The SMILES string of the molecule is NC[C@@H]1O[C@@H](O[C@H]2[C@@H](O)[C@H](O[C@H]3[C@@H](O)[C@H](N)C[C@H](N)[C@H]3O[C@H]3O[C@H](CN)[C@@H](O)[C@H](O)[C@H]3N)O[C@@H]2C(=O)Nc2ccc(-c3cn(CCCCCCN4CCN(c5cc6c(cc5F)c(=O)c(C(=O)O)cn6C5CC5)CC4)nn3)cc2)[C@H](N)[C@@H](O)[C@@H]1O. The van der Waals surface area contributed by atoms with Crippen LogP contribution in [0.5, 0.6) is 0 Å². The zero-order chi connectivity index (χ0) is 59.8. The van der Waals surface area contributed by atoms with Gasteiger partial charge < -0.3 is 113 Å². The number of aliphatic hydroxyl groups is 6. The number of aryl methyl sites for hydroxylation is 1. The molecule has 2 aromatic carbocycles. The number of nitrogens with zero attached hydrogens (tertiary/aromatic N) is 6. The number of halogens is 1. The molecule has 6 aliphatic rings. The molecule has 10 rings (SSSR count). The normalized spacial score (nSPS) is 35.0. The van der Waals surface area contributed by atoms with Crippen LogP contribution in [0, 0.1) is 5.82 Å². The fraction of sp³-hybridized carbons (Fsp3) is 0.648. The number of carbonyl (C=O) groups excluding carboxylic acids is 1. The zero-order valence-electron chi connectivity index (χ0n) is 46.1. The number of anilines is 2. The molecule has 6 fully saturated rings. The number of hydrogen-bond donors (Lipinski definition) is 14. The topological polar surface area (TPSA) is 458 Å². The summed E-state index contributed by atoms with van der Waals surface area (Å²) < 4.78 is 55.2. The molecule has 0 unspecified atom stereocenters. The van der Waals surface area contributed by atoms with Crippen molar-refractivity contribution in [2.24, 2.45) is 34.4 Å². The number of fused-ring (bicyclic) bond motifs is 1. The van der Waals surface area contributed by atoms with E-state index in [0.29, 0.717) is 47.8 Å². The molecule has 20 N–H and O–H groups in total. The van der Waals surface area contributed by atoms with Gasteiger partial charge >= 0.3 is 5.97 Å². The Morgan fingerprint density at radius 3 is 1.92 bits per heavy atom. The number of nitrogens with one attached hydrogen (secondary N) is 1. The van der Waals surface area contributed by atoms with Crippen molar-refractivity contribution in [3.8, 4) is 11.3 Å². The average molecular weight is 1180 g/mol. The Labute approximate surface area is 481 Å². The number of nitrogens with two attached hydrogens (primary N) is 6. The number of aromatic nitrogens is 4. The molecule has 2 saturated carbocycles. The summed E-state index contributed by atoms with van der Waals surface area (Å²) in [6.07, 6.45) is -13.7. The van der Waals surface area contributed by atoms with Crippen LogP contribution < -0.4 is 50.0 Å². The summed E-state index contributed by atoms with van der Waals surface area (Å²) in [4.78, 5) is 43.3. The average Bonchev–Trinajstić information content (AvgIpc) is 3.39. The van der Waals surface area contributed by atoms with Crippen LogP contribution in [-0.2, 0) is 39.8 Å². The highest BCUT2D eigenvalue weighted by molar-refractivity contribution is 5.95. The number of carbonyl (C=O) groups is 2. The Hall–Kier alpha value is -5.30. The van der Waals surface area contributed by atoms with E-state index >= 15 is 4.39 Å². The highest BCUT2D eigenvalue weighted by Gasteiger charge is 2.56. The Kier molecular flexibility index (Phi) is 19.4. The van der Waals surface area contributed by atoms with Crippen molar-refractivity contribution in [3.63, 3.8) is 0 Å². The van der Waals surface area contributed by atoms with E-state index in [1.807, 2.05) is 15.7 Å². The van der Waals surface area contributed by atoms with Crippen LogP contribution in [-0.4, -0.2) is 234 Å². The molecule has 2 aromatic heterocycles. The number of hydrogen-bond acceptors (Lipinski definition) is 25. The molecule has 4 aliphatic heterocycles. The Bertz CT molecular complexity index is 2970. The van der Waals surface area contributed by atoms with Crippen LogP contribution in [0.15, 0.2) is 53.6 Å². The lowest BCUT2D eigenvalue weighted by Crippen LogP contribution is -2.68. The van der Waals surface area contributed by atoms with Gasteiger partial charge in [-0.15, -0.1) is 5.10 Å². The lowest BCUT2D eigenvalue weighted by Gasteiger charge is -2.47. The molecular weight excluding hydrogens is 1110 g/mol. The minimum absolute atomic E-state index is 0.0111. The maximum atomic E-state index is 15.5. The molecule has 0 radical (unpaired) electrons. The Morgan fingerprint density at radius 1 is 0.702 bits per heavy atom. The number of rotatable bonds is 21. The second-order valence-electron chi connectivity index (χ2n) is 22.8. The van der Waals surface area contributed by atoms with Crippen LogP contribution in [0.3, 0.4) is 0 Å². The predicted molar refractivity (Wildman–Crippen MR) is 296 cm³/mol. The quantitative estimate of drug-likeness (QED) is 0.0353. The Morgan fingerprint density at radius 2 is 1.31 bits per heavy atom. The molecule has 19 atom stereocenters. The number of unbranched alkanes of at least 4 members (excludes halogenated alkanes) is 3. The third-order valence-corrected chi connectivity index (χ3v) is 16.9. The molecule has 29 nitrogen and oxygen atoms in total. The highest BCUT2D eigenvalue weighted by atomic mass is 19.1. The molecule has 1 amide bonds. The minimum atomic E-state index is -1.85. The first kappa shape index (κ1) is 61.8. The van der Waals surface area contributed by atoms with Crippen molar-refractivity contribution in [2.45, 2.75) is 174 Å². The minimum Gasteiger partial charge on any atom is -0.477 e. The summed E-state index contributed by atoms with van der Waals surface area (Å²) in [7, 11) is 0. The monoisotopic (exact) mass is 1180 g/mol. The van der Waals surface area contributed by atoms with E-state index in [9.17, 15) is 50.1 Å². The number of piperazine rings is 1. The summed E-state index contributed by atoms with van der Waals surface area (Å²) in [6.45, 7) is 3.77. The van der Waals surface area contributed by atoms with Crippen LogP contribution >= 0.6 is 0 Å². The van der Waals surface area contributed by atoms with Crippen LogP contribution in [0.1, 0.15) is 61.3 Å². The zero-order valence-corrected chi connectivity index (χ0v) is 46.1. The van der Waals surface area contributed by atoms with E-state index in [4.69, 9.17) is 62.8 Å². The largest absolute Gasteiger partial charge is 0.477 e. The molecule has 4 saturated heterocycles. The summed E-state index contributed by atoms with van der Waals surface area (Å²) in [5.74, 6) is -2.70. The third kappa shape index (κ3) is 13.0. The van der Waals surface area contributed by atoms with Gasteiger partial charge in [-0.1, -0.05) is 30.2 Å². The maximum absolute atomic E-state index is 15.5. The summed E-state index contributed by atoms with van der Waals surface area (Å²) >= 11 is 0. The van der Waals surface area contributed by atoms with Gasteiger partial charge in [0.05, 0.1) is 35.6 Å². The smallest absolute Gasteiger partial charge is 0.341 e. The van der Waals surface area contributed by atoms with Gasteiger partial charge in [-0.3, -0.25) is 19.2 Å². The van der Waals surface area contributed by atoms with Gasteiger partial charge in [0.15, 0.2) is 25.0 Å². The lowest BCUT2D eigenvalue weighted by atomic mass is 9.84.